The molecule has 17 heavy (non-hydrogen) atoms. The molecule has 92 valence electrons. The van der Waals surface area contributed by atoms with Gasteiger partial charge in [-0.05, 0) is 50.6 Å². The van der Waals surface area contributed by atoms with Crippen LogP contribution < -0.4 is 10.1 Å². The first kappa shape index (κ1) is 11.9. The van der Waals surface area contributed by atoms with Crippen LogP contribution in [-0.2, 0) is 0 Å². The number of carbonyl (C=O) groups is 1. The second-order valence-electron chi connectivity index (χ2n) is 4.66. The Morgan fingerprint density at radius 1 is 1.41 bits per heavy atom. The largest absolute Gasteiger partial charge is 0.486 e. The van der Waals surface area contributed by atoms with Crippen molar-refractivity contribution in [3.05, 3.63) is 29.8 Å². The first-order chi connectivity index (χ1) is 8.09. The van der Waals surface area contributed by atoms with E-state index in [9.17, 15) is 4.79 Å². The molecule has 1 aromatic rings. The first-order valence-corrected chi connectivity index (χ1v) is 5.82. The summed E-state index contributed by atoms with van der Waals surface area (Å²) >= 11 is 0. The summed E-state index contributed by atoms with van der Waals surface area (Å²) in [4.78, 5) is 10.7. The molecule has 1 atom stereocenters. The topological polar surface area (TPSA) is 58.6 Å². The van der Waals surface area contributed by atoms with Gasteiger partial charge in [0.25, 0.3) is 0 Å². The zero-order valence-electron chi connectivity index (χ0n) is 9.90. The van der Waals surface area contributed by atoms with Crippen molar-refractivity contribution in [1.29, 1.82) is 0 Å². The van der Waals surface area contributed by atoms with Crippen LogP contribution in [0.25, 0.3) is 0 Å². The number of nitrogens with one attached hydrogen (secondary N) is 1. The van der Waals surface area contributed by atoms with Crippen molar-refractivity contribution in [2.24, 2.45) is 0 Å². The van der Waals surface area contributed by atoms with E-state index in [2.05, 4.69) is 12.2 Å². The third kappa shape index (κ3) is 2.97. The van der Waals surface area contributed by atoms with Crippen molar-refractivity contribution >= 4 is 5.97 Å². The number of carboxylic acids is 1. The van der Waals surface area contributed by atoms with Crippen molar-refractivity contribution in [3.63, 3.8) is 0 Å². The number of ether oxygens (including phenoxy) is 1. The maximum atomic E-state index is 10.7. The molecule has 2 N–H and O–H groups in total. The molecular weight excluding hydrogens is 218 g/mol. The van der Waals surface area contributed by atoms with Gasteiger partial charge in [-0.15, -0.1) is 0 Å². The van der Waals surface area contributed by atoms with Crippen LogP contribution in [0.5, 0.6) is 5.75 Å². The molecule has 0 saturated carbocycles. The monoisotopic (exact) mass is 235 g/mol. The van der Waals surface area contributed by atoms with Gasteiger partial charge in [-0.3, -0.25) is 0 Å². The Bertz CT molecular complexity index is 394. The van der Waals surface area contributed by atoms with Gasteiger partial charge >= 0.3 is 5.97 Å². The van der Waals surface area contributed by atoms with Crippen LogP contribution in [0.1, 0.15) is 30.1 Å². The molecule has 2 rings (SSSR count). The number of hydrogen-bond acceptors (Lipinski definition) is 3. The van der Waals surface area contributed by atoms with Crippen LogP contribution in [0.15, 0.2) is 24.3 Å². The predicted molar refractivity (Wildman–Crippen MR) is 64.5 cm³/mol. The van der Waals surface area contributed by atoms with Gasteiger partial charge in [0.2, 0.25) is 0 Å². The summed E-state index contributed by atoms with van der Waals surface area (Å²) in [6, 6.07) is 6.56. The van der Waals surface area contributed by atoms with Gasteiger partial charge in [0.1, 0.15) is 11.4 Å². The SMILES string of the molecule is CC1(Oc2ccc(C(=O)O)cc2)CCCNC1. The minimum Gasteiger partial charge on any atom is -0.486 e. The van der Waals surface area contributed by atoms with E-state index in [0.29, 0.717) is 0 Å². The average Bonchev–Trinajstić information content (AvgIpc) is 2.30. The fourth-order valence-electron chi connectivity index (χ4n) is 2.07. The molecule has 1 heterocycles. The Morgan fingerprint density at radius 3 is 2.65 bits per heavy atom. The van der Waals surface area contributed by atoms with E-state index in [-0.39, 0.29) is 11.2 Å². The van der Waals surface area contributed by atoms with E-state index in [4.69, 9.17) is 9.84 Å². The molecular formula is C13H17NO3. The summed E-state index contributed by atoms with van der Waals surface area (Å²) < 4.78 is 5.92. The van der Waals surface area contributed by atoms with Gasteiger partial charge in [0, 0.05) is 6.54 Å². The number of rotatable bonds is 3. The summed E-state index contributed by atoms with van der Waals surface area (Å²) in [5.41, 5.74) is 0.0903. The maximum Gasteiger partial charge on any atom is 0.335 e. The van der Waals surface area contributed by atoms with Crippen molar-refractivity contribution < 1.29 is 14.6 Å². The van der Waals surface area contributed by atoms with E-state index in [0.717, 1.165) is 31.7 Å². The summed E-state index contributed by atoms with van der Waals surface area (Å²) in [6.07, 6.45) is 2.12. The fourth-order valence-corrected chi connectivity index (χ4v) is 2.07. The third-order valence-corrected chi connectivity index (χ3v) is 3.02. The van der Waals surface area contributed by atoms with E-state index in [1.807, 2.05) is 0 Å². The van der Waals surface area contributed by atoms with E-state index in [1.165, 1.54) is 0 Å². The molecule has 1 aliphatic heterocycles. The first-order valence-electron chi connectivity index (χ1n) is 5.82. The second kappa shape index (κ2) is 4.75. The summed E-state index contributed by atoms with van der Waals surface area (Å²) in [5, 5.41) is 12.1. The number of piperidine rings is 1. The molecule has 0 amide bonds. The quantitative estimate of drug-likeness (QED) is 0.840. The van der Waals surface area contributed by atoms with Crippen molar-refractivity contribution in [1.82, 2.24) is 5.32 Å². The molecule has 4 nitrogen and oxygen atoms in total. The zero-order chi connectivity index (χ0) is 12.3. The molecule has 1 saturated heterocycles. The van der Waals surface area contributed by atoms with E-state index >= 15 is 0 Å². The smallest absolute Gasteiger partial charge is 0.335 e. The Morgan fingerprint density at radius 2 is 2.12 bits per heavy atom. The Labute approximate surface area is 101 Å². The fraction of sp³-hybridized carbons (Fsp3) is 0.462. The molecule has 0 radical (unpaired) electrons. The lowest BCUT2D eigenvalue weighted by Gasteiger charge is -2.34. The number of benzene rings is 1. The van der Waals surface area contributed by atoms with Gasteiger partial charge in [-0.25, -0.2) is 4.79 Å². The van der Waals surface area contributed by atoms with Crippen LogP contribution in [0.4, 0.5) is 0 Å². The minimum absolute atomic E-state index is 0.191. The highest BCUT2D eigenvalue weighted by Crippen LogP contribution is 2.24. The van der Waals surface area contributed by atoms with Crippen molar-refractivity contribution in [2.45, 2.75) is 25.4 Å². The molecule has 1 fully saturated rings. The van der Waals surface area contributed by atoms with Gasteiger partial charge in [0.15, 0.2) is 0 Å². The number of carboxylic acid groups (broad SMARTS) is 1. The van der Waals surface area contributed by atoms with E-state index in [1.54, 1.807) is 24.3 Å². The zero-order valence-corrected chi connectivity index (χ0v) is 9.90. The summed E-state index contributed by atoms with van der Waals surface area (Å²) in [5.74, 6) is -0.191. The van der Waals surface area contributed by atoms with Crippen LogP contribution >= 0.6 is 0 Å². The lowest BCUT2D eigenvalue weighted by molar-refractivity contribution is 0.0614. The van der Waals surface area contributed by atoms with E-state index < -0.39 is 5.97 Å². The second-order valence-corrected chi connectivity index (χ2v) is 4.66. The Balaban J connectivity index is 2.05. The highest BCUT2D eigenvalue weighted by molar-refractivity contribution is 5.87. The highest BCUT2D eigenvalue weighted by atomic mass is 16.5. The standard InChI is InChI=1S/C13H17NO3/c1-13(7-2-8-14-9-13)17-11-5-3-10(4-6-11)12(15)16/h3-6,14H,2,7-9H2,1H3,(H,15,16). The average molecular weight is 235 g/mol. The third-order valence-electron chi connectivity index (χ3n) is 3.02. The molecule has 0 aliphatic carbocycles. The Kier molecular flexibility index (Phi) is 3.33. The molecule has 0 spiro atoms. The van der Waals surface area contributed by atoms with Crippen LogP contribution in [0.2, 0.25) is 0 Å². The van der Waals surface area contributed by atoms with Gasteiger partial charge in [-0.1, -0.05) is 0 Å². The number of aromatic carboxylic acids is 1. The molecule has 4 heteroatoms. The normalized spacial score (nSPS) is 24.3. The summed E-state index contributed by atoms with van der Waals surface area (Å²) in [6.45, 7) is 3.94. The predicted octanol–water partition coefficient (Wildman–Crippen LogP) is 1.91. The van der Waals surface area contributed by atoms with Crippen molar-refractivity contribution in [3.8, 4) is 5.75 Å². The van der Waals surface area contributed by atoms with Crippen molar-refractivity contribution in [2.75, 3.05) is 13.1 Å². The number of hydrogen-bond donors (Lipinski definition) is 2. The van der Waals surface area contributed by atoms with Gasteiger partial charge < -0.3 is 15.2 Å². The molecule has 1 unspecified atom stereocenters. The van der Waals surface area contributed by atoms with Crippen LogP contribution in [-0.4, -0.2) is 29.8 Å². The summed E-state index contributed by atoms with van der Waals surface area (Å²) in [7, 11) is 0. The van der Waals surface area contributed by atoms with Crippen LogP contribution in [0.3, 0.4) is 0 Å². The minimum atomic E-state index is -0.915. The Hall–Kier alpha value is -1.55. The van der Waals surface area contributed by atoms with Gasteiger partial charge in [0.05, 0.1) is 5.56 Å². The molecule has 0 bridgehead atoms. The maximum absolute atomic E-state index is 10.7. The lowest BCUT2D eigenvalue weighted by Crippen LogP contribution is -2.47. The molecule has 1 aromatic carbocycles. The molecule has 1 aliphatic rings. The lowest BCUT2D eigenvalue weighted by atomic mass is 9.96. The molecule has 0 aromatic heterocycles. The van der Waals surface area contributed by atoms with Gasteiger partial charge in [-0.2, -0.15) is 0 Å². The van der Waals surface area contributed by atoms with Crippen LogP contribution in [0, 0.1) is 0 Å². The highest BCUT2D eigenvalue weighted by Gasteiger charge is 2.28.